The largest absolute Gasteiger partial charge is 0.462 e. The second kappa shape index (κ2) is 6.82. The Morgan fingerprint density at radius 3 is 2.32 bits per heavy atom. The van der Waals surface area contributed by atoms with Crippen LogP contribution in [0.2, 0.25) is 0 Å². The molecule has 1 saturated carbocycles. The third-order valence-electron chi connectivity index (χ3n) is 5.37. The zero-order valence-corrected chi connectivity index (χ0v) is 13.6. The molecule has 1 aliphatic heterocycles. The second-order valence-corrected chi connectivity index (χ2v) is 6.75. The number of ether oxygens (including phenoxy) is 1. The molecule has 1 heterocycles. The van der Waals surface area contributed by atoms with E-state index in [-0.39, 0.29) is 17.6 Å². The molecule has 2 aliphatic rings. The SMILES string of the molecule is CC(=O)OC1CCN(C2(c3ccccc3)CCCCC2)CC1. The summed E-state index contributed by atoms with van der Waals surface area (Å²) in [5.41, 5.74) is 1.68. The molecule has 1 aliphatic carbocycles. The summed E-state index contributed by atoms with van der Waals surface area (Å²) in [6.45, 7) is 3.58. The fourth-order valence-electron chi connectivity index (χ4n) is 4.31. The van der Waals surface area contributed by atoms with Crippen molar-refractivity contribution >= 4 is 5.97 Å². The van der Waals surface area contributed by atoms with Gasteiger partial charge in [0.2, 0.25) is 0 Å². The Hall–Kier alpha value is -1.35. The zero-order valence-electron chi connectivity index (χ0n) is 13.6. The van der Waals surface area contributed by atoms with E-state index in [4.69, 9.17) is 4.74 Å². The van der Waals surface area contributed by atoms with Crippen molar-refractivity contribution in [2.75, 3.05) is 13.1 Å². The lowest BCUT2D eigenvalue weighted by atomic mass is 9.74. The number of benzene rings is 1. The predicted molar refractivity (Wildman–Crippen MR) is 87.6 cm³/mol. The van der Waals surface area contributed by atoms with Crippen LogP contribution in [0.4, 0.5) is 0 Å². The Morgan fingerprint density at radius 1 is 1.09 bits per heavy atom. The van der Waals surface area contributed by atoms with E-state index in [9.17, 15) is 4.79 Å². The van der Waals surface area contributed by atoms with Crippen LogP contribution >= 0.6 is 0 Å². The molecule has 120 valence electrons. The second-order valence-electron chi connectivity index (χ2n) is 6.75. The van der Waals surface area contributed by atoms with Crippen LogP contribution in [-0.2, 0) is 15.1 Å². The van der Waals surface area contributed by atoms with Crippen molar-refractivity contribution in [1.82, 2.24) is 4.90 Å². The summed E-state index contributed by atoms with van der Waals surface area (Å²) >= 11 is 0. The van der Waals surface area contributed by atoms with Gasteiger partial charge in [-0.05, 0) is 31.2 Å². The summed E-state index contributed by atoms with van der Waals surface area (Å²) in [5.74, 6) is -0.145. The monoisotopic (exact) mass is 301 g/mol. The first-order chi connectivity index (χ1) is 10.7. The van der Waals surface area contributed by atoms with Gasteiger partial charge in [0.25, 0.3) is 0 Å². The van der Waals surface area contributed by atoms with Crippen molar-refractivity contribution < 1.29 is 9.53 Å². The molecule has 0 amide bonds. The van der Waals surface area contributed by atoms with Crippen molar-refractivity contribution in [2.45, 2.75) is 63.5 Å². The molecule has 1 saturated heterocycles. The number of esters is 1. The lowest BCUT2D eigenvalue weighted by molar-refractivity contribution is -0.149. The van der Waals surface area contributed by atoms with Gasteiger partial charge in [0.15, 0.2) is 0 Å². The Balaban J connectivity index is 1.75. The average Bonchev–Trinajstić information content (AvgIpc) is 2.56. The van der Waals surface area contributed by atoms with E-state index in [1.165, 1.54) is 44.6 Å². The van der Waals surface area contributed by atoms with Gasteiger partial charge in [0.05, 0.1) is 0 Å². The highest BCUT2D eigenvalue weighted by molar-refractivity contribution is 5.66. The number of hydrogen-bond acceptors (Lipinski definition) is 3. The molecule has 0 unspecified atom stereocenters. The van der Waals surface area contributed by atoms with Gasteiger partial charge in [0, 0.05) is 25.6 Å². The normalized spacial score (nSPS) is 23.1. The summed E-state index contributed by atoms with van der Waals surface area (Å²) in [6.07, 6.45) is 8.56. The molecule has 0 aromatic heterocycles. The third-order valence-corrected chi connectivity index (χ3v) is 5.37. The summed E-state index contributed by atoms with van der Waals surface area (Å²) in [5, 5.41) is 0. The molecular formula is C19H27NO2. The molecule has 0 N–H and O–H groups in total. The highest BCUT2D eigenvalue weighted by Gasteiger charge is 2.41. The van der Waals surface area contributed by atoms with Gasteiger partial charge in [-0.25, -0.2) is 0 Å². The van der Waals surface area contributed by atoms with E-state index >= 15 is 0 Å². The summed E-state index contributed by atoms with van der Waals surface area (Å²) in [7, 11) is 0. The maximum absolute atomic E-state index is 11.1. The fraction of sp³-hybridized carbons (Fsp3) is 0.632. The minimum absolute atomic E-state index is 0.116. The van der Waals surface area contributed by atoms with E-state index in [1.807, 2.05) is 0 Å². The van der Waals surface area contributed by atoms with Gasteiger partial charge in [-0.15, -0.1) is 0 Å². The van der Waals surface area contributed by atoms with E-state index in [1.54, 1.807) is 0 Å². The smallest absolute Gasteiger partial charge is 0.302 e. The molecular weight excluding hydrogens is 274 g/mol. The lowest BCUT2D eigenvalue weighted by Crippen LogP contribution is -2.52. The van der Waals surface area contributed by atoms with Crippen molar-refractivity contribution in [3.63, 3.8) is 0 Å². The Morgan fingerprint density at radius 2 is 1.73 bits per heavy atom. The molecule has 2 fully saturated rings. The van der Waals surface area contributed by atoms with Crippen LogP contribution in [0.5, 0.6) is 0 Å². The van der Waals surface area contributed by atoms with Crippen LogP contribution in [0.25, 0.3) is 0 Å². The number of rotatable bonds is 3. The lowest BCUT2D eigenvalue weighted by Gasteiger charge is -2.49. The highest BCUT2D eigenvalue weighted by atomic mass is 16.5. The Labute approximate surface area is 133 Å². The minimum atomic E-state index is -0.145. The van der Waals surface area contributed by atoms with Crippen LogP contribution in [0.3, 0.4) is 0 Å². The fourth-order valence-corrected chi connectivity index (χ4v) is 4.31. The van der Waals surface area contributed by atoms with E-state index < -0.39 is 0 Å². The standard InChI is InChI=1S/C19H27NO2/c1-16(21)22-18-10-14-20(15-11-18)19(12-6-3-7-13-19)17-8-4-2-5-9-17/h2,4-5,8-9,18H,3,6-7,10-15H2,1H3. The zero-order chi connectivity index (χ0) is 15.4. The maximum Gasteiger partial charge on any atom is 0.302 e. The van der Waals surface area contributed by atoms with Gasteiger partial charge in [-0.1, -0.05) is 49.6 Å². The molecule has 3 heteroatoms. The van der Waals surface area contributed by atoms with Gasteiger partial charge in [-0.3, -0.25) is 9.69 Å². The first kappa shape index (κ1) is 15.5. The summed E-state index contributed by atoms with van der Waals surface area (Å²) in [4.78, 5) is 13.8. The highest BCUT2D eigenvalue weighted by Crippen LogP contribution is 2.43. The molecule has 1 aromatic rings. The van der Waals surface area contributed by atoms with Crippen LogP contribution in [-0.4, -0.2) is 30.1 Å². The van der Waals surface area contributed by atoms with E-state index in [0.717, 1.165) is 25.9 Å². The molecule has 0 spiro atoms. The number of likely N-dealkylation sites (tertiary alicyclic amines) is 1. The molecule has 0 atom stereocenters. The first-order valence-electron chi connectivity index (χ1n) is 8.68. The van der Waals surface area contributed by atoms with Crippen molar-refractivity contribution in [1.29, 1.82) is 0 Å². The van der Waals surface area contributed by atoms with Crippen molar-refractivity contribution in [3.05, 3.63) is 35.9 Å². The van der Waals surface area contributed by atoms with E-state index in [2.05, 4.69) is 35.2 Å². The number of hydrogen-bond donors (Lipinski definition) is 0. The third kappa shape index (κ3) is 3.19. The number of nitrogens with zero attached hydrogens (tertiary/aromatic N) is 1. The molecule has 1 aromatic carbocycles. The van der Waals surface area contributed by atoms with Gasteiger partial charge >= 0.3 is 5.97 Å². The summed E-state index contributed by atoms with van der Waals surface area (Å²) in [6, 6.07) is 11.0. The molecule has 3 nitrogen and oxygen atoms in total. The molecule has 22 heavy (non-hydrogen) atoms. The summed E-state index contributed by atoms with van der Waals surface area (Å²) < 4.78 is 5.40. The van der Waals surface area contributed by atoms with E-state index in [0.29, 0.717) is 0 Å². The molecule has 3 rings (SSSR count). The quantitative estimate of drug-likeness (QED) is 0.794. The minimum Gasteiger partial charge on any atom is -0.462 e. The predicted octanol–water partition coefficient (Wildman–Crippen LogP) is 3.87. The van der Waals surface area contributed by atoms with Gasteiger partial charge in [0.1, 0.15) is 6.10 Å². The van der Waals surface area contributed by atoms with Crippen LogP contribution in [0.15, 0.2) is 30.3 Å². The number of piperidine rings is 1. The van der Waals surface area contributed by atoms with Crippen LogP contribution in [0, 0.1) is 0 Å². The van der Waals surface area contributed by atoms with Crippen LogP contribution < -0.4 is 0 Å². The average molecular weight is 301 g/mol. The molecule has 0 radical (unpaired) electrons. The van der Waals surface area contributed by atoms with Crippen molar-refractivity contribution in [3.8, 4) is 0 Å². The topological polar surface area (TPSA) is 29.5 Å². The van der Waals surface area contributed by atoms with Crippen LogP contribution in [0.1, 0.15) is 57.4 Å². The Bertz CT molecular complexity index is 485. The Kier molecular flexibility index (Phi) is 4.82. The number of carbonyl (C=O) groups is 1. The van der Waals surface area contributed by atoms with Crippen molar-refractivity contribution in [2.24, 2.45) is 0 Å². The maximum atomic E-state index is 11.1. The van der Waals surface area contributed by atoms with Gasteiger partial charge in [-0.2, -0.15) is 0 Å². The first-order valence-corrected chi connectivity index (χ1v) is 8.68. The van der Waals surface area contributed by atoms with Gasteiger partial charge < -0.3 is 4.74 Å². The number of carbonyl (C=O) groups excluding carboxylic acids is 1. The molecule has 0 bridgehead atoms.